The van der Waals surface area contributed by atoms with Gasteiger partial charge >= 0.3 is 0 Å². The van der Waals surface area contributed by atoms with Crippen LogP contribution < -0.4 is 10.6 Å². The minimum Gasteiger partial charge on any atom is -0.418 e. The van der Waals surface area contributed by atoms with Crippen molar-refractivity contribution in [1.82, 2.24) is 24.8 Å². The Morgan fingerprint density at radius 2 is 1.97 bits per heavy atom. The van der Waals surface area contributed by atoms with Crippen LogP contribution in [0.2, 0.25) is 0 Å². The summed E-state index contributed by atoms with van der Waals surface area (Å²) in [6, 6.07) is 18.4. The standard InChI is InChI=1S/C26H24N6O2/c1-27-24-21-23(32(2)13-28-21)22-26(31-24)34-25(30-22)17-10-6-9-16(11-17)20(29-14-33)19-12-18(19)15-7-4-3-5-8-15/h3-11,13-14,18-20H,12H2,1-2H3,(H,27,31)(H,29,33)/t18-,19+,20?/m0/s1. The Kier molecular flexibility index (Phi) is 4.79. The van der Waals surface area contributed by atoms with Crippen LogP contribution in [0.4, 0.5) is 5.82 Å². The summed E-state index contributed by atoms with van der Waals surface area (Å²) in [5.74, 6) is 1.92. The van der Waals surface area contributed by atoms with E-state index < -0.39 is 0 Å². The van der Waals surface area contributed by atoms with Crippen molar-refractivity contribution in [3.8, 4) is 11.5 Å². The van der Waals surface area contributed by atoms with Crippen LogP contribution in [-0.4, -0.2) is 33.0 Å². The molecule has 1 amide bonds. The topological polar surface area (TPSA) is 97.9 Å². The van der Waals surface area contributed by atoms with E-state index in [1.54, 1.807) is 6.33 Å². The lowest BCUT2D eigenvalue weighted by Crippen LogP contribution is -2.22. The summed E-state index contributed by atoms with van der Waals surface area (Å²) in [5.41, 5.74) is 5.92. The second-order valence-electron chi connectivity index (χ2n) is 8.74. The third-order valence-electron chi connectivity index (χ3n) is 6.68. The molecule has 1 aliphatic carbocycles. The van der Waals surface area contributed by atoms with Crippen molar-refractivity contribution < 1.29 is 9.21 Å². The molecule has 2 aromatic carbocycles. The number of pyridine rings is 1. The molecule has 2 N–H and O–H groups in total. The van der Waals surface area contributed by atoms with E-state index in [2.05, 4.69) is 44.9 Å². The van der Waals surface area contributed by atoms with Crippen LogP contribution in [0.15, 0.2) is 65.3 Å². The highest BCUT2D eigenvalue weighted by Gasteiger charge is 2.44. The van der Waals surface area contributed by atoms with Gasteiger partial charge in [0, 0.05) is 19.7 Å². The van der Waals surface area contributed by atoms with Crippen LogP contribution >= 0.6 is 0 Å². The highest BCUT2D eigenvalue weighted by molar-refractivity contribution is 6.03. The van der Waals surface area contributed by atoms with Gasteiger partial charge in [-0.3, -0.25) is 4.79 Å². The second-order valence-corrected chi connectivity index (χ2v) is 8.74. The molecule has 8 nitrogen and oxygen atoms in total. The number of rotatable bonds is 7. The molecule has 170 valence electrons. The maximum atomic E-state index is 11.5. The zero-order valence-corrected chi connectivity index (χ0v) is 18.9. The molecule has 0 aliphatic heterocycles. The normalized spacial score (nSPS) is 18.2. The molecule has 5 aromatic rings. The Hall–Kier alpha value is -4.20. The smallest absolute Gasteiger partial charge is 0.251 e. The van der Waals surface area contributed by atoms with Crippen LogP contribution in [-0.2, 0) is 11.8 Å². The number of hydrogen-bond acceptors (Lipinski definition) is 6. The van der Waals surface area contributed by atoms with Gasteiger partial charge in [0.15, 0.2) is 11.3 Å². The zero-order valence-electron chi connectivity index (χ0n) is 18.9. The lowest BCUT2D eigenvalue weighted by molar-refractivity contribution is -0.110. The van der Waals surface area contributed by atoms with E-state index in [1.807, 2.05) is 49.0 Å². The van der Waals surface area contributed by atoms with Gasteiger partial charge in [0.1, 0.15) is 11.0 Å². The summed E-state index contributed by atoms with van der Waals surface area (Å²) in [6.07, 6.45) is 3.58. The van der Waals surface area contributed by atoms with E-state index in [0.717, 1.165) is 35.0 Å². The lowest BCUT2D eigenvalue weighted by Gasteiger charge is -2.17. The fourth-order valence-electron chi connectivity index (χ4n) is 4.95. The highest BCUT2D eigenvalue weighted by Crippen LogP contribution is 2.54. The number of anilines is 1. The number of nitrogens with zero attached hydrogens (tertiary/aromatic N) is 4. The first-order chi connectivity index (χ1) is 16.7. The summed E-state index contributed by atoms with van der Waals surface area (Å²) in [7, 11) is 3.74. The van der Waals surface area contributed by atoms with E-state index in [-0.39, 0.29) is 6.04 Å². The van der Waals surface area contributed by atoms with Gasteiger partial charge in [0.05, 0.1) is 12.4 Å². The Labute approximate surface area is 196 Å². The van der Waals surface area contributed by atoms with Gasteiger partial charge in [-0.1, -0.05) is 42.5 Å². The predicted octanol–water partition coefficient (Wildman–Crippen LogP) is 4.41. The fraction of sp³-hybridized carbons (Fsp3) is 0.231. The average molecular weight is 453 g/mol. The molecule has 3 aromatic heterocycles. The number of carbonyl (C=O) groups is 1. The Morgan fingerprint density at radius 1 is 1.12 bits per heavy atom. The number of carbonyl (C=O) groups excluding carboxylic acids is 1. The van der Waals surface area contributed by atoms with E-state index in [0.29, 0.717) is 34.8 Å². The number of aromatic nitrogens is 4. The molecule has 1 unspecified atom stereocenters. The van der Waals surface area contributed by atoms with E-state index in [1.165, 1.54) is 5.56 Å². The van der Waals surface area contributed by atoms with Crippen LogP contribution in [0.5, 0.6) is 0 Å². The first-order valence-electron chi connectivity index (χ1n) is 11.3. The average Bonchev–Trinajstić information content (AvgIpc) is 3.39. The first kappa shape index (κ1) is 20.4. The molecule has 1 aliphatic rings. The summed E-state index contributed by atoms with van der Waals surface area (Å²) < 4.78 is 8.02. The predicted molar refractivity (Wildman–Crippen MR) is 130 cm³/mol. The summed E-state index contributed by atoms with van der Waals surface area (Å²) in [4.78, 5) is 25.3. The zero-order chi connectivity index (χ0) is 23.2. The van der Waals surface area contributed by atoms with Gasteiger partial charge in [-0.25, -0.2) is 9.97 Å². The minimum atomic E-state index is -0.0789. The van der Waals surface area contributed by atoms with Gasteiger partial charge in [0.25, 0.3) is 5.71 Å². The Morgan fingerprint density at radius 3 is 2.76 bits per heavy atom. The van der Waals surface area contributed by atoms with Crippen molar-refractivity contribution in [3.05, 3.63) is 72.1 Å². The number of imidazole rings is 1. The molecule has 6 rings (SSSR count). The van der Waals surface area contributed by atoms with Gasteiger partial charge in [-0.05, 0) is 41.5 Å². The lowest BCUT2D eigenvalue weighted by atomic mass is 9.97. The molecule has 0 saturated heterocycles. The molecule has 3 atom stereocenters. The summed E-state index contributed by atoms with van der Waals surface area (Å²) in [6.45, 7) is 0. The maximum absolute atomic E-state index is 11.5. The second kappa shape index (κ2) is 7.98. The number of nitrogens with one attached hydrogen (secondary N) is 2. The number of oxazole rings is 1. The van der Waals surface area contributed by atoms with E-state index in [4.69, 9.17) is 9.40 Å². The van der Waals surface area contributed by atoms with Crippen molar-refractivity contribution in [2.24, 2.45) is 13.0 Å². The molecule has 0 bridgehead atoms. The number of hydrogen-bond donors (Lipinski definition) is 2. The quantitative estimate of drug-likeness (QED) is 0.355. The highest BCUT2D eigenvalue weighted by atomic mass is 16.4. The van der Waals surface area contributed by atoms with Crippen molar-refractivity contribution in [3.63, 3.8) is 0 Å². The first-order valence-corrected chi connectivity index (χ1v) is 11.3. The fourth-order valence-corrected chi connectivity index (χ4v) is 4.95. The minimum absolute atomic E-state index is 0.0789. The third-order valence-corrected chi connectivity index (χ3v) is 6.68. The van der Waals surface area contributed by atoms with Gasteiger partial charge < -0.3 is 19.6 Å². The molecule has 0 spiro atoms. The monoisotopic (exact) mass is 452 g/mol. The molecular weight excluding hydrogens is 428 g/mol. The van der Waals surface area contributed by atoms with Crippen LogP contribution in [0.3, 0.4) is 0 Å². The van der Waals surface area contributed by atoms with Crippen LogP contribution in [0.25, 0.3) is 33.7 Å². The Bertz CT molecular complexity index is 1510. The van der Waals surface area contributed by atoms with E-state index >= 15 is 0 Å². The molecule has 1 fully saturated rings. The molecular formula is C26H24N6O2. The van der Waals surface area contributed by atoms with Crippen LogP contribution in [0, 0.1) is 5.92 Å². The maximum Gasteiger partial charge on any atom is 0.251 e. The van der Waals surface area contributed by atoms with Gasteiger partial charge in [-0.15, -0.1) is 0 Å². The molecule has 1 saturated carbocycles. The summed E-state index contributed by atoms with van der Waals surface area (Å²) in [5, 5.41) is 6.13. The molecule has 0 radical (unpaired) electrons. The van der Waals surface area contributed by atoms with Crippen LogP contribution in [0.1, 0.15) is 29.5 Å². The number of fused-ring (bicyclic) bond motifs is 3. The molecule has 34 heavy (non-hydrogen) atoms. The number of aryl methyl sites for hydroxylation is 1. The van der Waals surface area contributed by atoms with Crippen molar-refractivity contribution >= 4 is 34.5 Å². The van der Waals surface area contributed by atoms with Gasteiger partial charge in [-0.2, -0.15) is 4.98 Å². The number of amides is 1. The SMILES string of the molecule is CNc1nc2oc(-c3cccc(C(NC=O)[C@@H]4C[C@H]4c4ccccc4)c3)nc2c2c1ncn2C. The third kappa shape index (κ3) is 3.30. The van der Waals surface area contributed by atoms with Crippen molar-refractivity contribution in [1.29, 1.82) is 0 Å². The van der Waals surface area contributed by atoms with Crippen molar-refractivity contribution in [2.45, 2.75) is 18.4 Å². The van der Waals surface area contributed by atoms with E-state index in [9.17, 15) is 4.79 Å². The number of benzene rings is 2. The molecule has 3 heterocycles. The Balaban J connectivity index is 1.38. The summed E-state index contributed by atoms with van der Waals surface area (Å²) >= 11 is 0. The molecule has 8 heteroatoms. The van der Waals surface area contributed by atoms with Gasteiger partial charge in [0.2, 0.25) is 12.3 Å². The largest absolute Gasteiger partial charge is 0.418 e. The van der Waals surface area contributed by atoms with Crippen molar-refractivity contribution in [2.75, 3.05) is 12.4 Å².